The number of methoxy groups -OCH3 is 1. The van der Waals surface area contributed by atoms with Gasteiger partial charge in [-0.3, -0.25) is 0 Å². The summed E-state index contributed by atoms with van der Waals surface area (Å²) in [5.41, 5.74) is 1.10. The van der Waals surface area contributed by atoms with Gasteiger partial charge in [0.25, 0.3) is 0 Å². The van der Waals surface area contributed by atoms with Crippen LogP contribution in [-0.4, -0.2) is 26.3 Å². The first-order valence-corrected chi connectivity index (χ1v) is 7.00. The molecule has 1 aromatic carbocycles. The third-order valence-electron chi connectivity index (χ3n) is 2.97. The van der Waals surface area contributed by atoms with E-state index >= 15 is 0 Å². The molecule has 1 aromatic heterocycles. The quantitative estimate of drug-likeness (QED) is 0.771. The van der Waals surface area contributed by atoms with Gasteiger partial charge in [0, 0.05) is 0 Å². The maximum atomic E-state index is 11.6. The summed E-state index contributed by atoms with van der Waals surface area (Å²) >= 11 is 0. The highest BCUT2D eigenvalue weighted by atomic mass is 16.5. The van der Waals surface area contributed by atoms with Crippen molar-refractivity contribution in [1.29, 1.82) is 0 Å². The van der Waals surface area contributed by atoms with Crippen LogP contribution in [0.5, 0.6) is 11.5 Å². The van der Waals surface area contributed by atoms with E-state index in [9.17, 15) is 4.79 Å². The van der Waals surface area contributed by atoms with Gasteiger partial charge in [-0.05, 0) is 36.8 Å². The molecule has 2 amide bonds. The number of nitrogens with one attached hydrogen (secondary N) is 2. The summed E-state index contributed by atoms with van der Waals surface area (Å²) in [7, 11) is 1.60. The Bertz CT molecular complexity index is 596. The number of amides is 2. The van der Waals surface area contributed by atoms with Crippen LogP contribution in [0.1, 0.15) is 11.3 Å². The van der Waals surface area contributed by atoms with Crippen LogP contribution in [-0.2, 0) is 6.54 Å². The van der Waals surface area contributed by atoms with Gasteiger partial charge in [-0.25, -0.2) is 4.79 Å². The monoisotopic (exact) mass is 304 g/mol. The predicted molar refractivity (Wildman–Crippen MR) is 82.2 cm³/mol. The van der Waals surface area contributed by atoms with Gasteiger partial charge < -0.3 is 24.5 Å². The average molecular weight is 304 g/mol. The molecule has 0 fully saturated rings. The molecule has 6 nitrogen and oxygen atoms in total. The summed E-state index contributed by atoms with van der Waals surface area (Å²) in [6, 6.07) is 9.01. The van der Waals surface area contributed by atoms with Crippen molar-refractivity contribution in [2.24, 2.45) is 0 Å². The van der Waals surface area contributed by atoms with Crippen LogP contribution in [0.2, 0.25) is 0 Å². The van der Waals surface area contributed by atoms with Gasteiger partial charge >= 0.3 is 6.03 Å². The molecule has 0 aliphatic heterocycles. The Kier molecular flexibility index (Phi) is 5.71. The second kappa shape index (κ2) is 7.97. The SMILES string of the molecule is COc1cc(C)ccc1OCCNC(=O)NCc1ccco1. The number of carbonyl (C=O) groups excluding carboxylic acids is 1. The molecule has 0 radical (unpaired) electrons. The molecule has 118 valence electrons. The Balaban J connectivity index is 1.67. The molecular weight excluding hydrogens is 284 g/mol. The third-order valence-corrected chi connectivity index (χ3v) is 2.97. The Morgan fingerprint density at radius 1 is 1.23 bits per heavy atom. The van der Waals surface area contributed by atoms with Gasteiger partial charge in [0.1, 0.15) is 12.4 Å². The molecule has 0 saturated heterocycles. The van der Waals surface area contributed by atoms with Gasteiger partial charge in [-0.2, -0.15) is 0 Å². The highest BCUT2D eigenvalue weighted by molar-refractivity contribution is 5.73. The second-order valence-electron chi connectivity index (χ2n) is 4.69. The van der Waals surface area contributed by atoms with Crippen LogP contribution < -0.4 is 20.1 Å². The Morgan fingerprint density at radius 2 is 2.09 bits per heavy atom. The maximum absolute atomic E-state index is 11.6. The van der Waals surface area contributed by atoms with Gasteiger partial charge in [0.05, 0.1) is 26.5 Å². The number of aryl methyl sites for hydroxylation is 1. The fourth-order valence-electron chi connectivity index (χ4n) is 1.86. The van der Waals surface area contributed by atoms with E-state index in [2.05, 4.69) is 10.6 Å². The van der Waals surface area contributed by atoms with E-state index < -0.39 is 0 Å². The van der Waals surface area contributed by atoms with Crippen LogP contribution in [0.15, 0.2) is 41.0 Å². The second-order valence-corrected chi connectivity index (χ2v) is 4.69. The zero-order valence-corrected chi connectivity index (χ0v) is 12.7. The summed E-state index contributed by atoms with van der Waals surface area (Å²) in [5.74, 6) is 2.05. The van der Waals surface area contributed by atoms with Crippen molar-refractivity contribution < 1.29 is 18.7 Å². The molecule has 2 aromatic rings. The van der Waals surface area contributed by atoms with E-state index in [1.54, 1.807) is 25.5 Å². The number of hydrogen-bond acceptors (Lipinski definition) is 4. The Hall–Kier alpha value is -2.63. The van der Waals surface area contributed by atoms with E-state index in [4.69, 9.17) is 13.9 Å². The largest absolute Gasteiger partial charge is 0.493 e. The third kappa shape index (κ3) is 4.73. The number of rotatable bonds is 7. The van der Waals surface area contributed by atoms with Crippen molar-refractivity contribution in [3.63, 3.8) is 0 Å². The molecule has 0 aliphatic carbocycles. The van der Waals surface area contributed by atoms with E-state index in [0.29, 0.717) is 37.0 Å². The molecule has 0 aliphatic rings. The van der Waals surface area contributed by atoms with Crippen LogP contribution >= 0.6 is 0 Å². The minimum absolute atomic E-state index is 0.268. The zero-order chi connectivity index (χ0) is 15.8. The standard InChI is InChI=1S/C16H20N2O4/c1-12-5-6-14(15(10-12)20-2)22-9-7-17-16(19)18-11-13-4-3-8-21-13/h3-6,8,10H,7,9,11H2,1-2H3,(H2,17,18,19). The zero-order valence-electron chi connectivity index (χ0n) is 12.7. The molecular formula is C16H20N2O4. The van der Waals surface area contributed by atoms with Crippen molar-refractivity contribution in [2.45, 2.75) is 13.5 Å². The Labute approximate surface area is 129 Å². The average Bonchev–Trinajstić information content (AvgIpc) is 3.04. The molecule has 6 heteroatoms. The number of ether oxygens (including phenoxy) is 2. The molecule has 0 saturated carbocycles. The van der Waals surface area contributed by atoms with Crippen LogP contribution in [0.25, 0.3) is 0 Å². The minimum atomic E-state index is -0.268. The summed E-state index contributed by atoms with van der Waals surface area (Å²) in [4.78, 5) is 11.6. The molecule has 0 spiro atoms. The molecule has 0 unspecified atom stereocenters. The number of urea groups is 1. The maximum Gasteiger partial charge on any atom is 0.315 e. The summed E-state index contributed by atoms with van der Waals surface area (Å²) in [5, 5.41) is 5.40. The van der Waals surface area contributed by atoms with Crippen LogP contribution in [0, 0.1) is 6.92 Å². The summed E-state index contributed by atoms with van der Waals surface area (Å²) in [6.07, 6.45) is 1.57. The van der Waals surface area contributed by atoms with E-state index in [0.717, 1.165) is 5.56 Å². The van der Waals surface area contributed by atoms with Gasteiger partial charge in [-0.1, -0.05) is 6.07 Å². The Morgan fingerprint density at radius 3 is 2.82 bits per heavy atom. The highest BCUT2D eigenvalue weighted by Crippen LogP contribution is 2.27. The molecule has 2 N–H and O–H groups in total. The fraction of sp³-hybridized carbons (Fsp3) is 0.312. The molecule has 2 rings (SSSR count). The van der Waals surface area contributed by atoms with E-state index in [1.165, 1.54) is 0 Å². The first-order valence-electron chi connectivity index (χ1n) is 7.00. The normalized spacial score (nSPS) is 10.1. The van der Waals surface area contributed by atoms with E-state index in [1.807, 2.05) is 25.1 Å². The van der Waals surface area contributed by atoms with Crippen molar-refractivity contribution in [1.82, 2.24) is 10.6 Å². The number of benzene rings is 1. The van der Waals surface area contributed by atoms with Gasteiger partial charge in [0.15, 0.2) is 11.5 Å². The number of hydrogen-bond donors (Lipinski definition) is 2. The van der Waals surface area contributed by atoms with Crippen molar-refractivity contribution >= 4 is 6.03 Å². The lowest BCUT2D eigenvalue weighted by atomic mass is 10.2. The number of carbonyl (C=O) groups is 1. The summed E-state index contributed by atoms with van der Waals surface area (Å²) < 4.78 is 16.0. The summed E-state index contributed by atoms with van der Waals surface area (Å²) in [6.45, 7) is 3.08. The lowest BCUT2D eigenvalue weighted by Crippen LogP contribution is -2.37. The molecule has 1 heterocycles. The fourth-order valence-corrected chi connectivity index (χ4v) is 1.86. The van der Waals surface area contributed by atoms with E-state index in [-0.39, 0.29) is 6.03 Å². The van der Waals surface area contributed by atoms with Crippen molar-refractivity contribution in [3.05, 3.63) is 47.9 Å². The molecule has 22 heavy (non-hydrogen) atoms. The first kappa shape index (κ1) is 15.8. The topological polar surface area (TPSA) is 72.7 Å². The van der Waals surface area contributed by atoms with Crippen molar-refractivity contribution in [3.8, 4) is 11.5 Å². The minimum Gasteiger partial charge on any atom is -0.493 e. The van der Waals surface area contributed by atoms with Gasteiger partial charge in [-0.15, -0.1) is 0 Å². The lowest BCUT2D eigenvalue weighted by molar-refractivity contribution is 0.234. The predicted octanol–water partition coefficient (Wildman–Crippen LogP) is 2.47. The van der Waals surface area contributed by atoms with Crippen molar-refractivity contribution in [2.75, 3.05) is 20.3 Å². The van der Waals surface area contributed by atoms with Crippen LogP contribution in [0.4, 0.5) is 4.79 Å². The van der Waals surface area contributed by atoms with Gasteiger partial charge in [0.2, 0.25) is 0 Å². The molecule has 0 atom stereocenters. The molecule has 0 bridgehead atoms. The highest BCUT2D eigenvalue weighted by Gasteiger charge is 2.05. The number of furan rings is 1. The smallest absolute Gasteiger partial charge is 0.315 e. The first-order chi connectivity index (χ1) is 10.7. The lowest BCUT2D eigenvalue weighted by Gasteiger charge is -2.12. The van der Waals surface area contributed by atoms with Crippen LogP contribution in [0.3, 0.4) is 0 Å².